The van der Waals surface area contributed by atoms with E-state index in [0.29, 0.717) is 16.9 Å². The number of aryl methyl sites for hydroxylation is 1. The fourth-order valence-corrected chi connectivity index (χ4v) is 1.78. The quantitative estimate of drug-likeness (QED) is 0.773. The molecule has 0 aliphatic heterocycles. The van der Waals surface area contributed by atoms with Crippen molar-refractivity contribution in [3.05, 3.63) is 59.4 Å². The Morgan fingerprint density at radius 1 is 1.22 bits per heavy atom. The van der Waals surface area contributed by atoms with Gasteiger partial charge in [-0.1, -0.05) is 31.2 Å². The van der Waals surface area contributed by atoms with Gasteiger partial charge in [-0.05, 0) is 18.1 Å². The molecule has 0 saturated carbocycles. The van der Waals surface area contributed by atoms with E-state index in [2.05, 4.69) is 11.9 Å². The molecule has 2 aromatic rings. The first kappa shape index (κ1) is 12.3. The second-order valence-electron chi connectivity index (χ2n) is 3.96. The molecule has 1 aromatic carbocycles. The van der Waals surface area contributed by atoms with E-state index in [-0.39, 0.29) is 5.78 Å². The van der Waals surface area contributed by atoms with Gasteiger partial charge in [-0.2, -0.15) is 0 Å². The van der Waals surface area contributed by atoms with E-state index in [1.54, 1.807) is 18.5 Å². The van der Waals surface area contributed by atoms with E-state index in [0.717, 1.165) is 6.42 Å². The molecule has 1 heterocycles. The predicted octanol–water partition coefficient (Wildman–Crippen LogP) is 2.88. The van der Waals surface area contributed by atoms with Crippen molar-refractivity contribution in [2.24, 2.45) is 0 Å². The number of carbonyl (C=O) groups excluding carboxylic acids is 1. The summed E-state index contributed by atoms with van der Waals surface area (Å²) in [6.45, 7) is 2.09. The first-order valence-electron chi connectivity index (χ1n) is 5.88. The molecule has 0 aliphatic carbocycles. The molecule has 0 unspecified atom stereocenters. The molecule has 0 aliphatic rings. The van der Waals surface area contributed by atoms with E-state index in [1.807, 2.05) is 24.3 Å². The number of hydrogen-bond acceptors (Lipinski definition) is 3. The lowest BCUT2D eigenvalue weighted by atomic mass is 10.0. The normalized spacial score (nSPS) is 10.1. The van der Waals surface area contributed by atoms with E-state index in [1.165, 1.54) is 12.7 Å². The van der Waals surface area contributed by atoms with Gasteiger partial charge in [0.05, 0.1) is 18.9 Å². The van der Waals surface area contributed by atoms with Crippen LogP contribution in [-0.4, -0.2) is 17.9 Å². The van der Waals surface area contributed by atoms with Crippen molar-refractivity contribution in [1.29, 1.82) is 0 Å². The first-order valence-corrected chi connectivity index (χ1v) is 5.88. The molecule has 0 fully saturated rings. The molecule has 3 nitrogen and oxygen atoms in total. The van der Waals surface area contributed by atoms with E-state index < -0.39 is 0 Å². The molecule has 0 N–H and O–H groups in total. The smallest absolute Gasteiger partial charge is 0.196 e. The molecule has 0 bridgehead atoms. The summed E-state index contributed by atoms with van der Waals surface area (Å²) in [6, 6.07) is 9.32. The van der Waals surface area contributed by atoms with Crippen LogP contribution in [0.2, 0.25) is 0 Å². The second-order valence-corrected chi connectivity index (χ2v) is 3.96. The number of pyridine rings is 1. The predicted molar refractivity (Wildman–Crippen MR) is 70.0 cm³/mol. The maximum atomic E-state index is 12.3. The molecule has 18 heavy (non-hydrogen) atoms. The molecule has 0 atom stereocenters. The average molecular weight is 241 g/mol. The Labute approximate surface area is 106 Å². The van der Waals surface area contributed by atoms with Crippen LogP contribution in [0.4, 0.5) is 0 Å². The number of aromatic nitrogens is 1. The third-order valence-electron chi connectivity index (χ3n) is 2.87. The Hall–Kier alpha value is -2.16. The van der Waals surface area contributed by atoms with Crippen LogP contribution in [0.3, 0.4) is 0 Å². The first-order chi connectivity index (χ1) is 8.76. The number of ether oxygens (including phenoxy) is 1. The molecule has 0 radical (unpaired) electrons. The van der Waals surface area contributed by atoms with Crippen molar-refractivity contribution in [1.82, 2.24) is 4.98 Å². The Kier molecular flexibility index (Phi) is 3.72. The fraction of sp³-hybridized carbons (Fsp3) is 0.200. The van der Waals surface area contributed by atoms with Crippen molar-refractivity contribution >= 4 is 5.78 Å². The third kappa shape index (κ3) is 2.40. The number of hydrogen-bond donors (Lipinski definition) is 0. The van der Waals surface area contributed by atoms with Crippen molar-refractivity contribution in [3.8, 4) is 5.75 Å². The van der Waals surface area contributed by atoms with Crippen LogP contribution in [0.25, 0.3) is 0 Å². The van der Waals surface area contributed by atoms with E-state index >= 15 is 0 Å². The third-order valence-corrected chi connectivity index (χ3v) is 2.87. The Bertz CT molecular complexity index is 547. The zero-order valence-corrected chi connectivity index (χ0v) is 10.5. The Morgan fingerprint density at radius 2 is 1.94 bits per heavy atom. The van der Waals surface area contributed by atoms with Gasteiger partial charge >= 0.3 is 0 Å². The summed E-state index contributed by atoms with van der Waals surface area (Å²) in [7, 11) is 1.54. The number of nitrogens with zero attached hydrogens (tertiary/aromatic N) is 1. The van der Waals surface area contributed by atoms with Crippen LogP contribution < -0.4 is 4.74 Å². The van der Waals surface area contributed by atoms with Crippen LogP contribution in [-0.2, 0) is 6.42 Å². The summed E-state index contributed by atoms with van der Waals surface area (Å²) in [6.07, 6.45) is 4.11. The fourth-order valence-electron chi connectivity index (χ4n) is 1.78. The highest BCUT2D eigenvalue weighted by Gasteiger charge is 2.13. The van der Waals surface area contributed by atoms with Gasteiger partial charge < -0.3 is 4.74 Å². The van der Waals surface area contributed by atoms with E-state index in [9.17, 15) is 4.79 Å². The summed E-state index contributed by atoms with van der Waals surface area (Å²) in [4.78, 5) is 16.3. The minimum absolute atomic E-state index is 0.0445. The minimum atomic E-state index is -0.0445. The minimum Gasteiger partial charge on any atom is -0.494 e. The van der Waals surface area contributed by atoms with Crippen LogP contribution in [0.15, 0.2) is 42.7 Å². The zero-order chi connectivity index (χ0) is 13.0. The highest BCUT2D eigenvalue weighted by Crippen LogP contribution is 2.20. The summed E-state index contributed by atoms with van der Waals surface area (Å²) < 4.78 is 5.15. The maximum Gasteiger partial charge on any atom is 0.196 e. The lowest BCUT2D eigenvalue weighted by Crippen LogP contribution is -2.04. The van der Waals surface area contributed by atoms with Crippen LogP contribution in [0.5, 0.6) is 5.75 Å². The number of carbonyl (C=O) groups is 1. The molecule has 92 valence electrons. The summed E-state index contributed by atoms with van der Waals surface area (Å²) in [5.41, 5.74) is 2.42. The van der Waals surface area contributed by atoms with Gasteiger partial charge in [-0.15, -0.1) is 0 Å². The number of rotatable bonds is 4. The van der Waals surface area contributed by atoms with Gasteiger partial charge in [-0.25, -0.2) is 0 Å². The maximum absolute atomic E-state index is 12.3. The standard InChI is InChI=1S/C15H15NO2/c1-3-11-4-6-12(7-5-11)15(17)13-8-9-16-10-14(13)18-2/h4-10H,3H2,1-2H3. The average Bonchev–Trinajstić information content (AvgIpc) is 2.46. The molecular weight excluding hydrogens is 226 g/mol. The van der Waals surface area contributed by atoms with Gasteiger partial charge in [0.15, 0.2) is 5.78 Å². The molecule has 3 heteroatoms. The lowest BCUT2D eigenvalue weighted by Gasteiger charge is -2.07. The van der Waals surface area contributed by atoms with Crippen molar-refractivity contribution < 1.29 is 9.53 Å². The van der Waals surface area contributed by atoms with E-state index in [4.69, 9.17) is 4.74 Å². The van der Waals surface area contributed by atoms with Gasteiger partial charge in [0.25, 0.3) is 0 Å². The molecular formula is C15H15NO2. The SMILES string of the molecule is CCc1ccc(C(=O)c2ccncc2OC)cc1. The number of ketones is 1. The Morgan fingerprint density at radius 3 is 2.56 bits per heavy atom. The molecule has 0 amide bonds. The zero-order valence-electron chi connectivity index (χ0n) is 10.5. The molecule has 2 rings (SSSR count). The highest BCUT2D eigenvalue weighted by molar-refractivity contribution is 6.10. The van der Waals surface area contributed by atoms with Crippen LogP contribution in [0, 0.1) is 0 Å². The summed E-state index contributed by atoms with van der Waals surface area (Å²) in [5, 5.41) is 0. The van der Waals surface area contributed by atoms with Gasteiger partial charge in [0.1, 0.15) is 5.75 Å². The van der Waals surface area contributed by atoms with Crippen LogP contribution in [0.1, 0.15) is 28.4 Å². The summed E-state index contributed by atoms with van der Waals surface area (Å²) >= 11 is 0. The van der Waals surface area contributed by atoms with Gasteiger partial charge in [-0.3, -0.25) is 9.78 Å². The molecule has 0 saturated heterocycles. The van der Waals surface area contributed by atoms with Gasteiger partial charge in [0, 0.05) is 11.8 Å². The topological polar surface area (TPSA) is 39.2 Å². The second kappa shape index (κ2) is 5.45. The number of methoxy groups -OCH3 is 1. The monoisotopic (exact) mass is 241 g/mol. The summed E-state index contributed by atoms with van der Waals surface area (Å²) in [5.74, 6) is 0.457. The largest absolute Gasteiger partial charge is 0.494 e. The van der Waals surface area contributed by atoms with Crippen LogP contribution >= 0.6 is 0 Å². The van der Waals surface area contributed by atoms with Gasteiger partial charge in [0.2, 0.25) is 0 Å². The molecule has 0 spiro atoms. The van der Waals surface area contributed by atoms with Crippen molar-refractivity contribution in [3.63, 3.8) is 0 Å². The highest BCUT2D eigenvalue weighted by atomic mass is 16.5. The Balaban J connectivity index is 2.35. The molecule has 1 aromatic heterocycles. The lowest BCUT2D eigenvalue weighted by molar-refractivity contribution is 0.103. The number of benzene rings is 1. The van der Waals surface area contributed by atoms with Crippen molar-refractivity contribution in [2.45, 2.75) is 13.3 Å². The van der Waals surface area contributed by atoms with Crippen molar-refractivity contribution in [2.75, 3.05) is 7.11 Å².